The predicted octanol–water partition coefficient (Wildman–Crippen LogP) is 4.28. The van der Waals surface area contributed by atoms with Gasteiger partial charge in [0.15, 0.2) is 10.2 Å². The Labute approximate surface area is 180 Å². The largest absolute Gasteiger partial charge is 0.360 e. The van der Waals surface area contributed by atoms with Gasteiger partial charge in [0.05, 0.1) is 0 Å². The van der Waals surface area contributed by atoms with Crippen LogP contribution in [0.3, 0.4) is 0 Å². The van der Waals surface area contributed by atoms with Crippen molar-refractivity contribution in [3.05, 3.63) is 35.4 Å². The fourth-order valence-corrected chi connectivity index (χ4v) is 4.66. The van der Waals surface area contributed by atoms with E-state index in [-0.39, 0.29) is 0 Å². The first kappa shape index (κ1) is 21.3. The van der Waals surface area contributed by atoms with E-state index in [2.05, 4.69) is 45.5 Å². The Balaban J connectivity index is 1.38. The van der Waals surface area contributed by atoms with E-state index < -0.39 is 0 Å². The summed E-state index contributed by atoms with van der Waals surface area (Å²) in [6.07, 6.45) is 12.9. The Morgan fingerprint density at radius 2 is 1.14 bits per heavy atom. The molecule has 0 amide bonds. The second-order valence-corrected chi connectivity index (χ2v) is 8.96. The van der Waals surface area contributed by atoms with E-state index in [1.54, 1.807) is 0 Å². The standard InChI is InChI=1S/C22H34N4S2/c27-21(25-19-10-3-1-4-11-19)23-15-17-8-7-9-18(14-17)16-24-22(28)26-20-12-5-2-6-13-20/h7-9,14,19-20H,1-6,10-13,15-16H2,(H2,23,25,27)(H2,24,26,28). The number of benzene rings is 1. The van der Waals surface area contributed by atoms with Crippen LogP contribution in [0.15, 0.2) is 24.3 Å². The molecule has 3 rings (SSSR count). The molecule has 0 spiro atoms. The maximum Gasteiger partial charge on any atom is 0.166 e. The first-order chi connectivity index (χ1) is 13.7. The monoisotopic (exact) mass is 418 g/mol. The lowest BCUT2D eigenvalue weighted by atomic mass is 9.96. The minimum Gasteiger partial charge on any atom is -0.360 e. The van der Waals surface area contributed by atoms with E-state index in [1.807, 2.05) is 0 Å². The number of thiocarbonyl (C=S) groups is 2. The van der Waals surface area contributed by atoms with Gasteiger partial charge in [-0.25, -0.2) is 0 Å². The Morgan fingerprint density at radius 3 is 1.57 bits per heavy atom. The summed E-state index contributed by atoms with van der Waals surface area (Å²) < 4.78 is 0. The van der Waals surface area contributed by atoms with Crippen molar-refractivity contribution in [1.29, 1.82) is 0 Å². The van der Waals surface area contributed by atoms with E-state index in [1.165, 1.54) is 75.3 Å². The Hall–Kier alpha value is -1.40. The highest BCUT2D eigenvalue weighted by Gasteiger charge is 2.14. The van der Waals surface area contributed by atoms with Crippen LogP contribution in [-0.4, -0.2) is 22.3 Å². The van der Waals surface area contributed by atoms with Crippen molar-refractivity contribution in [2.45, 2.75) is 89.4 Å². The summed E-state index contributed by atoms with van der Waals surface area (Å²) in [6.45, 7) is 1.49. The molecule has 0 heterocycles. The predicted molar refractivity (Wildman–Crippen MR) is 125 cm³/mol. The third-order valence-electron chi connectivity index (χ3n) is 5.78. The van der Waals surface area contributed by atoms with Crippen molar-refractivity contribution in [2.75, 3.05) is 0 Å². The van der Waals surface area contributed by atoms with Crippen LogP contribution in [0.1, 0.15) is 75.3 Å². The molecule has 0 unspecified atom stereocenters. The molecule has 4 N–H and O–H groups in total. The molecular formula is C22H34N4S2. The zero-order chi connectivity index (χ0) is 19.6. The zero-order valence-electron chi connectivity index (χ0n) is 16.8. The average Bonchev–Trinajstić information content (AvgIpc) is 2.73. The van der Waals surface area contributed by atoms with E-state index in [0.29, 0.717) is 12.1 Å². The van der Waals surface area contributed by atoms with Gasteiger partial charge in [-0.2, -0.15) is 0 Å². The molecule has 1 aromatic carbocycles. The first-order valence-corrected chi connectivity index (χ1v) is 11.7. The quantitative estimate of drug-likeness (QED) is 0.517. The van der Waals surface area contributed by atoms with Gasteiger partial charge in [-0.15, -0.1) is 0 Å². The summed E-state index contributed by atoms with van der Waals surface area (Å²) in [5, 5.41) is 15.2. The number of nitrogens with one attached hydrogen (secondary N) is 4. The second-order valence-electron chi connectivity index (χ2n) is 8.14. The third-order valence-corrected chi connectivity index (χ3v) is 6.30. The summed E-state index contributed by atoms with van der Waals surface area (Å²) in [5.41, 5.74) is 2.47. The molecule has 0 atom stereocenters. The van der Waals surface area contributed by atoms with Gasteiger partial charge in [0, 0.05) is 25.2 Å². The smallest absolute Gasteiger partial charge is 0.166 e. The van der Waals surface area contributed by atoms with Crippen LogP contribution < -0.4 is 21.3 Å². The van der Waals surface area contributed by atoms with Gasteiger partial charge in [-0.05, 0) is 61.2 Å². The van der Waals surface area contributed by atoms with Crippen LogP contribution >= 0.6 is 24.4 Å². The molecular weight excluding hydrogens is 384 g/mol. The average molecular weight is 419 g/mol. The number of rotatable bonds is 6. The van der Waals surface area contributed by atoms with Crippen LogP contribution in [0, 0.1) is 0 Å². The minimum absolute atomic E-state index is 0.543. The second kappa shape index (κ2) is 11.6. The van der Waals surface area contributed by atoms with E-state index >= 15 is 0 Å². The normalized spacial score (nSPS) is 18.3. The molecule has 4 nitrogen and oxygen atoms in total. The molecule has 2 fully saturated rings. The molecule has 0 radical (unpaired) electrons. The van der Waals surface area contributed by atoms with Crippen molar-refractivity contribution in [3.8, 4) is 0 Å². The highest BCUT2D eigenvalue weighted by Crippen LogP contribution is 2.18. The fourth-order valence-electron chi connectivity index (χ4n) is 4.18. The van der Waals surface area contributed by atoms with Crippen LogP contribution in [0.25, 0.3) is 0 Å². The maximum atomic E-state index is 5.47. The van der Waals surface area contributed by atoms with Crippen molar-refractivity contribution >= 4 is 34.7 Å². The van der Waals surface area contributed by atoms with Gasteiger partial charge in [0.1, 0.15) is 0 Å². The van der Waals surface area contributed by atoms with Crippen molar-refractivity contribution < 1.29 is 0 Å². The molecule has 0 aliphatic heterocycles. The van der Waals surface area contributed by atoms with Crippen LogP contribution in [0.2, 0.25) is 0 Å². The van der Waals surface area contributed by atoms with Crippen LogP contribution in [0.5, 0.6) is 0 Å². The summed E-state index contributed by atoms with van der Waals surface area (Å²) in [7, 11) is 0. The summed E-state index contributed by atoms with van der Waals surface area (Å²) in [4.78, 5) is 0. The van der Waals surface area contributed by atoms with E-state index in [4.69, 9.17) is 24.4 Å². The SMILES string of the molecule is S=C(NCc1cccc(CNC(=S)NC2CCCCC2)c1)NC1CCCCC1. The molecule has 0 aromatic heterocycles. The van der Waals surface area contributed by atoms with Crippen molar-refractivity contribution in [1.82, 2.24) is 21.3 Å². The Kier molecular flexibility index (Phi) is 8.80. The van der Waals surface area contributed by atoms with Gasteiger partial charge in [0.2, 0.25) is 0 Å². The van der Waals surface area contributed by atoms with Gasteiger partial charge < -0.3 is 21.3 Å². The molecule has 2 saturated carbocycles. The summed E-state index contributed by atoms with van der Waals surface area (Å²) in [5.74, 6) is 0. The van der Waals surface area contributed by atoms with Gasteiger partial charge in [-0.3, -0.25) is 0 Å². The Bertz CT molecular complexity index is 586. The lowest BCUT2D eigenvalue weighted by Gasteiger charge is -2.24. The molecule has 6 heteroatoms. The third kappa shape index (κ3) is 7.55. The molecule has 1 aromatic rings. The lowest BCUT2D eigenvalue weighted by molar-refractivity contribution is 0.412. The number of hydrogen-bond donors (Lipinski definition) is 4. The molecule has 0 saturated heterocycles. The fraction of sp³-hybridized carbons (Fsp3) is 0.636. The summed E-state index contributed by atoms with van der Waals surface area (Å²) in [6, 6.07) is 9.68. The van der Waals surface area contributed by atoms with E-state index in [9.17, 15) is 0 Å². The van der Waals surface area contributed by atoms with Gasteiger partial charge >= 0.3 is 0 Å². The first-order valence-electron chi connectivity index (χ1n) is 10.9. The highest BCUT2D eigenvalue weighted by molar-refractivity contribution is 7.80. The topological polar surface area (TPSA) is 48.1 Å². The van der Waals surface area contributed by atoms with Gasteiger partial charge in [0.25, 0.3) is 0 Å². The lowest BCUT2D eigenvalue weighted by Crippen LogP contribution is -2.42. The Morgan fingerprint density at radius 1 is 0.714 bits per heavy atom. The molecule has 2 aliphatic rings. The molecule has 28 heavy (non-hydrogen) atoms. The molecule has 2 aliphatic carbocycles. The van der Waals surface area contributed by atoms with E-state index in [0.717, 1.165) is 23.3 Å². The van der Waals surface area contributed by atoms with Crippen molar-refractivity contribution in [2.24, 2.45) is 0 Å². The summed E-state index contributed by atoms with van der Waals surface area (Å²) >= 11 is 10.9. The maximum absolute atomic E-state index is 5.47. The highest BCUT2D eigenvalue weighted by atomic mass is 32.1. The molecule has 154 valence electrons. The van der Waals surface area contributed by atoms with Gasteiger partial charge in [-0.1, -0.05) is 62.8 Å². The van der Waals surface area contributed by atoms with Crippen molar-refractivity contribution in [3.63, 3.8) is 0 Å². The zero-order valence-corrected chi connectivity index (χ0v) is 18.4. The minimum atomic E-state index is 0.543. The van der Waals surface area contributed by atoms with Crippen LogP contribution in [0.4, 0.5) is 0 Å². The van der Waals surface area contributed by atoms with Crippen LogP contribution in [-0.2, 0) is 13.1 Å². The molecule has 0 bridgehead atoms. The number of hydrogen-bond acceptors (Lipinski definition) is 2.